The highest BCUT2D eigenvalue weighted by atomic mass is 32.1. The third kappa shape index (κ3) is 2.82. The van der Waals surface area contributed by atoms with Gasteiger partial charge >= 0.3 is 0 Å². The lowest BCUT2D eigenvalue weighted by Crippen LogP contribution is -2.32. The van der Waals surface area contributed by atoms with Crippen LogP contribution in [0.4, 0.5) is 0 Å². The zero-order valence-corrected chi connectivity index (χ0v) is 14.4. The first-order chi connectivity index (χ1) is 10.5. The lowest BCUT2D eigenvalue weighted by molar-refractivity contribution is 0.0749. The average molecular weight is 318 g/mol. The molecule has 0 bridgehead atoms. The number of hydrogen-bond donors (Lipinski definition) is 0. The molecule has 22 heavy (non-hydrogen) atoms. The van der Waals surface area contributed by atoms with Gasteiger partial charge in [0.05, 0.1) is 10.7 Å². The fourth-order valence-electron chi connectivity index (χ4n) is 3.25. The fraction of sp³-hybridized carbons (Fsp3) is 0.529. The molecule has 1 aliphatic rings. The van der Waals surface area contributed by atoms with E-state index in [0.29, 0.717) is 18.2 Å². The molecule has 2 heterocycles. The number of furan rings is 1. The number of likely N-dealkylation sites (N-methyl/N-ethyl adjacent to an activating group) is 1. The number of amides is 1. The van der Waals surface area contributed by atoms with Crippen LogP contribution in [0.25, 0.3) is 0 Å². The molecular weight excluding hydrogens is 296 g/mol. The predicted octanol–water partition coefficient (Wildman–Crippen LogP) is 3.85. The SMILES string of the molecule is Cc1cc(C)c(C(=O)N(C)C[C@H]2CCCc3sc(C)nc32)o1. The summed E-state index contributed by atoms with van der Waals surface area (Å²) in [7, 11) is 1.85. The number of thiazole rings is 1. The minimum absolute atomic E-state index is 0.0373. The van der Waals surface area contributed by atoms with Gasteiger partial charge in [-0.25, -0.2) is 4.98 Å². The Labute approximate surface area is 135 Å². The Hall–Kier alpha value is -1.62. The van der Waals surface area contributed by atoms with E-state index in [1.54, 1.807) is 16.2 Å². The van der Waals surface area contributed by atoms with Crippen molar-refractivity contribution < 1.29 is 9.21 Å². The number of aryl methyl sites for hydroxylation is 4. The van der Waals surface area contributed by atoms with Gasteiger partial charge in [-0.1, -0.05) is 0 Å². The summed E-state index contributed by atoms with van der Waals surface area (Å²) >= 11 is 1.80. The van der Waals surface area contributed by atoms with Crippen molar-refractivity contribution in [3.63, 3.8) is 0 Å². The van der Waals surface area contributed by atoms with Gasteiger partial charge in [0.2, 0.25) is 0 Å². The summed E-state index contributed by atoms with van der Waals surface area (Å²) < 4.78 is 5.56. The van der Waals surface area contributed by atoms with Crippen LogP contribution < -0.4 is 0 Å². The molecular formula is C17H22N2O2S. The maximum Gasteiger partial charge on any atom is 0.289 e. The monoisotopic (exact) mass is 318 g/mol. The molecule has 118 valence electrons. The molecule has 0 saturated heterocycles. The van der Waals surface area contributed by atoms with Gasteiger partial charge in [0.25, 0.3) is 5.91 Å². The number of carbonyl (C=O) groups excluding carboxylic acids is 1. The molecule has 4 nitrogen and oxygen atoms in total. The van der Waals surface area contributed by atoms with E-state index in [2.05, 4.69) is 6.92 Å². The summed E-state index contributed by atoms with van der Waals surface area (Å²) in [6, 6.07) is 1.91. The zero-order chi connectivity index (χ0) is 15.9. The van der Waals surface area contributed by atoms with Crippen molar-refractivity contribution in [1.29, 1.82) is 0 Å². The molecule has 0 radical (unpaired) electrons. The van der Waals surface area contributed by atoms with Crippen LogP contribution in [0.15, 0.2) is 10.5 Å². The van der Waals surface area contributed by atoms with E-state index in [1.165, 1.54) is 17.0 Å². The van der Waals surface area contributed by atoms with Gasteiger partial charge in [-0.15, -0.1) is 11.3 Å². The van der Waals surface area contributed by atoms with E-state index in [9.17, 15) is 4.79 Å². The van der Waals surface area contributed by atoms with Crippen molar-refractivity contribution in [2.45, 2.75) is 46.0 Å². The molecule has 0 N–H and O–H groups in total. The molecule has 1 aliphatic carbocycles. The Morgan fingerprint density at radius 1 is 1.45 bits per heavy atom. The Morgan fingerprint density at radius 2 is 2.23 bits per heavy atom. The van der Waals surface area contributed by atoms with Gasteiger partial charge in [0, 0.05) is 30.0 Å². The Bertz CT molecular complexity index is 702. The van der Waals surface area contributed by atoms with Crippen molar-refractivity contribution in [2.24, 2.45) is 0 Å². The van der Waals surface area contributed by atoms with Crippen molar-refractivity contribution >= 4 is 17.2 Å². The van der Waals surface area contributed by atoms with Crippen molar-refractivity contribution in [3.05, 3.63) is 38.7 Å². The van der Waals surface area contributed by atoms with E-state index in [4.69, 9.17) is 9.40 Å². The normalized spacial score (nSPS) is 17.4. The molecule has 1 atom stereocenters. The smallest absolute Gasteiger partial charge is 0.289 e. The number of nitrogens with zero attached hydrogens (tertiary/aromatic N) is 2. The van der Waals surface area contributed by atoms with Crippen molar-refractivity contribution in [2.75, 3.05) is 13.6 Å². The predicted molar refractivity (Wildman–Crippen MR) is 87.7 cm³/mol. The second-order valence-corrected chi connectivity index (χ2v) is 7.47. The first-order valence-electron chi connectivity index (χ1n) is 7.74. The second-order valence-electron chi connectivity index (χ2n) is 6.19. The van der Waals surface area contributed by atoms with Crippen molar-refractivity contribution in [3.8, 4) is 0 Å². The number of hydrogen-bond acceptors (Lipinski definition) is 4. The highest BCUT2D eigenvalue weighted by Crippen LogP contribution is 2.35. The quantitative estimate of drug-likeness (QED) is 0.863. The molecule has 2 aromatic heterocycles. The summed E-state index contributed by atoms with van der Waals surface area (Å²) in [6.07, 6.45) is 3.41. The van der Waals surface area contributed by atoms with Gasteiger partial charge in [0.15, 0.2) is 5.76 Å². The Balaban J connectivity index is 1.76. The van der Waals surface area contributed by atoms with Crippen LogP contribution in [0.1, 0.15) is 56.2 Å². The molecule has 2 aromatic rings. The minimum Gasteiger partial charge on any atom is -0.456 e. The van der Waals surface area contributed by atoms with E-state index >= 15 is 0 Å². The molecule has 0 fully saturated rings. The molecule has 0 unspecified atom stereocenters. The molecule has 5 heteroatoms. The first-order valence-corrected chi connectivity index (χ1v) is 8.56. The van der Waals surface area contributed by atoms with Gasteiger partial charge < -0.3 is 9.32 Å². The van der Waals surface area contributed by atoms with E-state index in [0.717, 1.165) is 29.2 Å². The maximum absolute atomic E-state index is 12.6. The number of rotatable bonds is 3. The summed E-state index contributed by atoms with van der Waals surface area (Å²) in [5.74, 6) is 1.55. The van der Waals surface area contributed by atoms with E-state index in [-0.39, 0.29) is 5.91 Å². The minimum atomic E-state index is -0.0373. The molecule has 0 aliphatic heterocycles. The van der Waals surface area contributed by atoms with E-state index < -0.39 is 0 Å². The highest BCUT2D eigenvalue weighted by molar-refractivity contribution is 7.11. The molecule has 0 saturated carbocycles. The summed E-state index contributed by atoms with van der Waals surface area (Å²) in [5.41, 5.74) is 2.11. The van der Waals surface area contributed by atoms with Crippen LogP contribution in [0.3, 0.4) is 0 Å². The van der Waals surface area contributed by atoms with E-state index in [1.807, 2.05) is 27.0 Å². The average Bonchev–Trinajstić information content (AvgIpc) is 3.00. The molecule has 3 rings (SSSR count). The fourth-order valence-corrected chi connectivity index (χ4v) is 4.31. The van der Waals surface area contributed by atoms with Crippen LogP contribution in [0.2, 0.25) is 0 Å². The Kier molecular flexibility index (Phi) is 4.08. The van der Waals surface area contributed by atoms with Crippen LogP contribution >= 0.6 is 11.3 Å². The number of aromatic nitrogens is 1. The number of fused-ring (bicyclic) bond motifs is 1. The zero-order valence-electron chi connectivity index (χ0n) is 13.6. The van der Waals surface area contributed by atoms with Crippen LogP contribution in [-0.2, 0) is 6.42 Å². The largest absolute Gasteiger partial charge is 0.456 e. The topological polar surface area (TPSA) is 46.3 Å². The number of carbonyl (C=O) groups is 1. The van der Waals surface area contributed by atoms with Crippen molar-refractivity contribution in [1.82, 2.24) is 9.88 Å². The lowest BCUT2D eigenvalue weighted by Gasteiger charge is -2.26. The first kappa shape index (κ1) is 15.3. The lowest BCUT2D eigenvalue weighted by atomic mass is 9.90. The van der Waals surface area contributed by atoms with Gasteiger partial charge in [-0.2, -0.15) is 0 Å². The van der Waals surface area contributed by atoms with Gasteiger partial charge in [-0.3, -0.25) is 4.79 Å². The Morgan fingerprint density at radius 3 is 2.91 bits per heavy atom. The standard InChI is InChI=1S/C17H22N2O2S/c1-10-8-11(2)21-16(10)17(20)19(4)9-13-6-5-7-14-15(13)18-12(3)22-14/h8,13H,5-7,9H2,1-4H3/t13-/m1/s1. The summed E-state index contributed by atoms with van der Waals surface area (Å²) in [4.78, 5) is 20.5. The third-order valence-corrected chi connectivity index (χ3v) is 5.30. The van der Waals surface area contributed by atoms with Crippen LogP contribution in [-0.4, -0.2) is 29.4 Å². The summed E-state index contributed by atoms with van der Waals surface area (Å²) in [6.45, 7) is 6.55. The van der Waals surface area contributed by atoms with Crippen LogP contribution in [0.5, 0.6) is 0 Å². The highest BCUT2D eigenvalue weighted by Gasteiger charge is 2.28. The summed E-state index contributed by atoms with van der Waals surface area (Å²) in [5, 5.41) is 1.13. The molecule has 0 aromatic carbocycles. The molecule has 1 amide bonds. The van der Waals surface area contributed by atoms with Crippen LogP contribution in [0, 0.1) is 20.8 Å². The third-order valence-electron chi connectivity index (χ3n) is 4.25. The maximum atomic E-state index is 12.6. The van der Waals surface area contributed by atoms with Gasteiger partial charge in [-0.05, 0) is 46.1 Å². The second kappa shape index (κ2) is 5.88. The molecule has 0 spiro atoms. The van der Waals surface area contributed by atoms with Gasteiger partial charge in [0.1, 0.15) is 5.76 Å².